The van der Waals surface area contributed by atoms with Crippen LogP contribution in [0.5, 0.6) is 0 Å². The molecule has 142 valence electrons. The molecular weight excluding hydrogens is 352 g/mol. The van der Waals surface area contributed by atoms with Gasteiger partial charge in [-0.25, -0.2) is 8.42 Å². The predicted octanol–water partition coefficient (Wildman–Crippen LogP) is 2.44. The number of carbonyl (C=O) groups is 2. The third-order valence-electron chi connectivity index (χ3n) is 5.46. The maximum atomic E-state index is 13.0. The van der Waals surface area contributed by atoms with Gasteiger partial charge in [0.1, 0.15) is 5.78 Å². The van der Waals surface area contributed by atoms with E-state index in [9.17, 15) is 18.0 Å². The molecule has 6 nitrogen and oxygen atoms in total. The SMILES string of the molecule is CN(C1CCCCC1)S(=O)(=O)c1cccc(C(=O)N2CCC(=O)CC2)c1. The van der Waals surface area contributed by atoms with Crippen molar-refractivity contribution in [3.05, 3.63) is 29.8 Å². The van der Waals surface area contributed by atoms with E-state index in [1.54, 1.807) is 30.1 Å². The highest BCUT2D eigenvalue weighted by molar-refractivity contribution is 7.89. The van der Waals surface area contributed by atoms with Crippen molar-refractivity contribution in [3.8, 4) is 0 Å². The second-order valence-electron chi connectivity index (χ2n) is 7.17. The summed E-state index contributed by atoms with van der Waals surface area (Å²) in [6.45, 7) is 0.799. The van der Waals surface area contributed by atoms with Gasteiger partial charge in [-0.3, -0.25) is 9.59 Å². The van der Waals surface area contributed by atoms with E-state index in [0.717, 1.165) is 32.1 Å². The minimum atomic E-state index is -3.63. The van der Waals surface area contributed by atoms with Crippen LogP contribution in [0.3, 0.4) is 0 Å². The number of nitrogens with zero attached hydrogens (tertiary/aromatic N) is 2. The van der Waals surface area contributed by atoms with E-state index in [1.165, 1.54) is 10.4 Å². The smallest absolute Gasteiger partial charge is 0.253 e. The van der Waals surface area contributed by atoms with Crippen molar-refractivity contribution < 1.29 is 18.0 Å². The van der Waals surface area contributed by atoms with Crippen LogP contribution in [0.2, 0.25) is 0 Å². The number of benzene rings is 1. The lowest BCUT2D eigenvalue weighted by atomic mass is 9.96. The number of rotatable bonds is 4. The van der Waals surface area contributed by atoms with Crippen molar-refractivity contribution in [2.45, 2.75) is 55.9 Å². The highest BCUT2D eigenvalue weighted by Crippen LogP contribution is 2.27. The molecule has 0 atom stereocenters. The summed E-state index contributed by atoms with van der Waals surface area (Å²) in [6, 6.07) is 6.29. The molecule has 7 heteroatoms. The molecule has 0 spiro atoms. The third kappa shape index (κ3) is 3.99. The van der Waals surface area contributed by atoms with Crippen molar-refractivity contribution in [3.63, 3.8) is 0 Å². The van der Waals surface area contributed by atoms with E-state index < -0.39 is 10.0 Å². The van der Waals surface area contributed by atoms with Gasteiger partial charge in [0.2, 0.25) is 10.0 Å². The molecule has 0 aromatic heterocycles. The van der Waals surface area contributed by atoms with Gasteiger partial charge in [-0.05, 0) is 31.0 Å². The monoisotopic (exact) mass is 378 g/mol. The molecule has 1 aliphatic carbocycles. The highest BCUT2D eigenvalue weighted by Gasteiger charge is 2.30. The Balaban J connectivity index is 1.79. The number of likely N-dealkylation sites (tertiary alicyclic amines) is 1. The Bertz CT molecular complexity index is 774. The normalized spacial score (nSPS) is 19.8. The van der Waals surface area contributed by atoms with Gasteiger partial charge in [0.25, 0.3) is 5.91 Å². The standard InChI is InChI=1S/C19H26N2O4S/c1-20(16-7-3-2-4-8-16)26(24,25)18-9-5-6-15(14-18)19(23)21-12-10-17(22)11-13-21/h5-6,9,14,16H,2-4,7-8,10-13H2,1H3. The van der Waals surface area contributed by atoms with E-state index >= 15 is 0 Å². The van der Waals surface area contributed by atoms with Gasteiger partial charge in [-0.1, -0.05) is 25.3 Å². The first-order valence-electron chi connectivity index (χ1n) is 9.28. The molecule has 0 N–H and O–H groups in total. The van der Waals surface area contributed by atoms with Crippen LogP contribution in [0.25, 0.3) is 0 Å². The molecule has 1 heterocycles. The predicted molar refractivity (Wildman–Crippen MR) is 98.4 cm³/mol. The molecule has 1 saturated heterocycles. The quantitative estimate of drug-likeness (QED) is 0.806. The zero-order valence-electron chi connectivity index (χ0n) is 15.2. The molecule has 1 saturated carbocycles. The molecule has 26 heavy (non-hydrogen) atoms. The van der Waals surface area contributed by atoms with Crippen molar-refractivity contribution in [1.29, 1.82) is 0 Å². The Kier molecular flexibility index (Phi) is 5.77. The molecular formula is C19H26N2O4S. The molecule has 1 aliphatic heterocycles. The number of ketones is 1. The lowest BCUT2D eigenvalue weighted by molar-refractivity contribution is -0.120. The van der Waals surface area contributed by atoms with Crippen molar-refractivity contribution >= 4 is 21.7 Å². The van der Waals surface area contributed by atoms with Crippen LogP contribution in [0.15, 0.2) is 29.2 Å². The summed E-state index contributed by atoms with van der Waals surface area (Å²) < 4.78 is 27.4. The van der Waals surface area contributed by atoms with E-state index in [1.807, 2.05) is 0 Å². The molecule has 2 fully saturated rings. The number of amides is 1. The molecule has 0 unspecified atom stereocenters. The fraction of sp³-hybridized carbons (Fsp3) is 0.579. The number of hydrogen-bond donors (Lipinski definition) is 0. The zero-order chi connectivity index (χ0) is 18.7. The Morgan fingerprint density at radius 2 is 1.77 bits per heavy atom. The Morgan fingerprint density at radius 1 is 1.12 bits per heavy atom. The molecule has 1 amide bonds. The van der Waals surface area contributed by atoms with Crippen LogP contribution in [0.1, 0.15) is 55.3 Å². The van der Waals surface area contributed by atoms with Crippen LogP contribution in [-0.2, 0) is 14.8 Å². The Morgan fingerprint density at radius 3 is 2.42 bits per heavy atom. The van der Waals surface area contributed by atoms with Gasteiger partial charge in [0.15, 0.2) is 0 Å². The number of sulfonamides is 1. The van der Waals surface area contributed by atoms with Crippen molar-refractivity contribution in [1.82, 2.24) is 9.21 Å². The second-order valence-corrected chi connectivity index (χ2v) is 9.17. The number of carbonyl (C=O) groups excluding carboxylic acids is 2. The minimum absolute atomic E-state index is 0.0289. The molecule has 0 radical (unpaired) electrons. The Hall–Kier alpha value is -1.73. The first-order chi connectivity index (χ1) is 12.4. The summed E-state index contributed by atoms with van der Waals surface area (Å²) in [4.78, 5) is 25.8. The second kappa shape index (κ2) is 7.88. The maximum Gasteiger partial charge on any atom is 0.253 e. The topological polar surface area (TPSA) is 74.8 Å². The zero-order valence-corrected chi connectivity index (χ0v) is 16.0. The third-order valence-corrected chi connectivity index (χ3v) is 7.36. The molecule has 3 rings (SSSR count). The lowest BCUT2D eigenvalue weighted by Crippen LogP contribution is -2.39. The number of piperidine rings is 1. The number of hydrogen-bond acceptors (Lipinski definition) is 4. The summed E-state index contributed by atoms with van der Waals surface area (Å²) in [5, 5.41) is 0. The van der Waals surface area contributed by atoms with Gasteiger partial charge in [-0.2, -0.15) is 4.31 Å². The summed E-state index contributed by atoms with van der Waals surface area (Å²) in [7, 11) is -1.99. The van der Waals surface area contributed by atoms with Gasteiger partial charge < -0.3 is 4.90 Å². The van der Waals surface area contributed by atoms with Gasteiger partial charge in [-0.15, -0.1) is 0 Å². The summed E-state index contributed by atoms with van der Waals surface area (Å²) >= 11 is 0. The summed E-state index contributed by atoms with van der Waals surface area (Å²) in [5.74, 6) is -0.0469. The maximum absolute atomic E-state index is 13.0. The summed E-state index contributed by atoms with van der Waals surface area (Å²) in [5.41, 5.74) is 0.359. The van der Waals surface area contributed by atoms with E-state index in [-0.39, 0.29) is 22.6 Å². The largest absolute Gasteiger partial charge is 0.338 e. The first kappa shape index (κ1) is 19.0. The van der Waals surface area contributed by atoms with Crippen molar-refractivity contribution in [2.24, 2.45) is 0 Å². The number of Topliss-reactive ketones (excluding diaryl/α,β-unsaturated/α-hetero) is 1. The van der Waals surface area contributed by atoms with Crippen LogP contribution in [-0.4, -0.2) is 55.5 Å². The van der Waals surface area contributed by atoms with E-state index in [2.05, 4.69) is 0 Å². The molecule has 2 aliphatic rings. The minimum Gasteiger partial charge on any atom is -0.338 e. The van der Waals surface area contributed by atoms with Crippen LogP contribution >= 0.6 is 0 Å². The van der Waals surface area contributed by atoms with E-state index in [0.29, 0.717) is 31.5 Å². The fourth-order valence-corrected chi connectivity index (χ4v) is 5.20. The van der Waals surface area contributed by atoms with Gasteiger partial charge in [0, 0.05) is 44.6 Å². The van der Waals surface area contributed by atoms with Crippen molar-refractivity contribution in [2.75, 3.05) is 20.1 Å². The van der Waals surface area contributed by atoms with Crippen LogP contribution < -0.4 is 0 Å². The van der Waals surface area contributed by atoms with Gasteiger partial charge in [0.05, 0.1) is 4.90 Å². The first-order valence-corrected chi connectivity index (χ1v) is 10.7. The van der Waals surface area contributed by atoms with Crippen LogP contribution in [0, 0.1) is 0 Å². The fourth-order valence-electron chi connectivity index (χ4n) is 3.74. The van der Waals surface area contributed by atoms with Crippen LogP contribution in [0.4, 0.5) is 0 Å². The van der Waals surface area contributed by atoms with Gasteiger partial charge >= 0.3 is 0 Å². The molecule has 0 bridgehead atoms. The summed E-state index contributed by atoms with van der Waals surface area (Å²) in [6.07, 6.45) is 5.77. The Labute approximate surface area is 155 Å². The molecule has 1 aromatic carbocycles. The average molecular weight is 378 g/mol. The molecule has 1 aromatic rings. The van der Waals surface area contributed by atoms with E-state index in [4.69, 9.17) is 0 Å². The highest BCUT2D eigenvalue weighted by atomic mass is 32.2. The average Bonchev–Trinajstić information content (AvgIpc) is 2.68. The lowest BCUT2D eigenvalue weighted by Gasteiger charge is -2.30.